The molecule has 7 heteroatoms. The second kappa shape index (κ2) is 12.2. The lowest BCUT2D eigenvalue weighted by atomic mass is 9.95. The van der Waals surface area contributed by atoms with Gasteiger partial charge in [0.15, 0.2) is 0 Å². The van der Waals surface area contributed by atoms with Crippen molar-refractivity contribution in [3.8, 4) is 5.75 Å². The summed E-state index contributed by atoms with van der Waals surface area (Å²) in [6.07, 6.45) is 6.48. The van der Waals surface area contributed by atoms with Crippen molar-refractivity contribution in [2.45, 2.75) is 33.1 Å². The number of aromatic nitrogens is 1. The third kappa shape index (κ3) is 7.07. The van der Waals surface area contributed by atoms with E-state index in [0.717, 1.165) is 37.4 Å². The van der Waals surface area contributed by atoms with Gasteiger partial charge < -0.3 is 14.4 Å². The summed E-state index contributed by atoms with van der Waals surface area (Å²) >= 11 is 0. The van der Waals surface area contributed by atoms with E-state index in [1.54, 1.807) is 31.5 Å². The van der Waals surface area contributed by atoms with Gasteiger partial charge in [-0.05, 0) is 72.7 Å². The van der Waals surface area contributed by atoms with E-state index in [0.29, 0.717) is 17.8 Å². The number of pyridine rings is 1. The Morgan fingerprint density at radius 2 is 1.91 bits per heavy atom. The van der Waals surface area contributed by atoms with E-state index in [2.05, 4.69) is 14.6 Å². The molecule has 0 spiro atoms. The van der Waals surface area contributed by atoms with E-state index >= 15 is 0 Å². The maximum absolute atomic E-state index is 13.3. The molecular formula is C27H35N3O4. The van der Waals surface area contributed by atoms with Crippen LogP contribution in [0.3, 0.4) is 0 Å². The van der Waals surface area contributed by atoms with Crippen LogP contribution in [0.4, 0.5) is 11.5 Å². The number of carbonyl (C=O) groups excluding carboxylic acids is 2. The molecule has 1 aromatic carbocycles. The number of methoxy groups -OCH3 is 2. The molecule has 0 saturated carbocycles. The van der Waals surface area contributed by atoms with Crippen LogP contribution in [0.2, 0.25) is 0 Å². The molecule has 1 unspecified atom stereocenters. The first kappa shape index (κ1) is 23.8. The third-order valence-electron chi connectivity index (χ3n) is 5.82. The zero-order chi connectivity index (χ0) is 25.4. The fourth-order valence-electron chi connectivity index (χ4n) is 3.95. The van der Waals surface area contributed by atoms with Crippen molar-refractivity contribution in [1.29, 1.82) is 0 Å². The van der Waals surface area contributed by atoms with E-state index in [1.807, 2.05) is 38.1 Å². The lowest BCUT2D eigenvalue weighted by Gasteiger charge is -2.36. The Kier molecular flexibility index (Phi) is 8.54. The Balaban J connectivity index is 1.77. The molecule has 1 amide bonds. The molecule has 34 heavy (non-hydrogen) atoms. The molecule has 1 aromatic heterocycles. The molecule has 1 saturated heterocycles. The van der Waals surface area contributed by atoms with Crippen LogP contribution in [0.15, 0.2) is 48.7 Å². The molecule has 1 atom stereocenters. The van der Waals surface area contributed by atoms with Crippen LogP contribution in [0.1, 0.15) is 40.0 Å². The number of hydrogen-bond acceptors (Lipinski definition) is 6. The summed E-state index contributed by atoms with van der Waals surface area (Å²) in [5.41, 5.74) is 1.84. The smallest absolute Gasteiger partial charge is 0.330 e. The Morgan fingerprint density at radius 1 is 1.21 bits per heavy atom. The predicted molar refractivity (Wildman–Crippen MR) is 135 cm³/mol. The van der Waals surface area contributed by atoms with Gasteiger partial charge in [0, 0.05) is 44.0 Å². The number of amides is 1. The standard InChI is InChI=1S/C27H35N3O4/c1-20(2)17-26(31)30(25-18-21(11-14-28-25)5-10-27(32)34-4)19-22-12-15-29(16-13-22)23-6-8-24(33-3)9-7-23/h5-11,14,18,20,22H,12-13,15-17,19H2,1-4H3/b10-5+/i19D. The van der Waals surface area contributed by atoms with E-state index in [1.165, 1.54) is 18.1 Å². The summed E-state index contributed by atoms with van der Waals surface area (Å²) in [6.45, 7) is 4.87. The zero-order valence-corrected chi connectivity index (χ0v) is 20.4. The van der Waals surface area contributed by atoms with Gasteiger partial charge >= 0.3 is 5.97 Å². The average Bonchev–Trinajstić information content (AvgIpc) is 2.87. The highest BCUT2D eigenvalue weighted by Crippen LogP contribution is 2.27. The molecule has 1 aliphatic heterocycles. The van der Waals surface area contributed by atoms with Crippen molar-refractivity contribution >= 4 is 29.5 Å². The topological polar surface area (TPSA) is 72.0 Å². The number of esters is 1. The number of rotatable bonds is 9. The van der Waals surface area contributed by atoms with Crippen molar-refractivity contribution in [3.63, 3.8) is 0 Å². The highest BCUT2D eigenvalue weighted by atomic mass is 16.5. The summed E-state index contributed by atoms with van der Waals surface area (Å²) in [7, 11) is 2.97. The molecule has 0 aliphatic carbocycles. The van der Waals surface area contributed by atoms with E-state index in [4.69, 9.17) is 6.11 Å². The van der Waals surface area contributed by atoms with Crippen molar-refractivity contribution in [2.24, 2.45) is 11.8 Å². The summed E-state index contributed by atoms with van der Waals surface area (Å²) in [6, 6.07) is 11.5. The third-order valence-corrected chi connectivity index (χ3v) is 5.82. The first-order chi connectivity index (χ1) is 16.8. The molecule has 7 nitrogen and oxygen atoms in total. The van der Waals surface area contributed by atoms with Crippen LogP contribution in [-0.2, 0) is 14.3 Å². The van der Waals surface area contributed by atoms with Crippen molar-refractivity contribution in [2.75, 3.05) is 43.6 Å². The van der Waals surface area contributed by atoms with Crippen LogP contribution >= 0.6 is 0 Å². The van der Waals surface area contributed by atoms with Gasteiger partial charge in [0.2, 0.25) is 5.91 Å². The number of benzene rings is 1. The minimum Gasteiger partial charge on any atom is -0.497 e. The van der Waals surface area contributed by atoms with Gasteiger partial charge in [-0.1, -0.05) is 13.8 Å². The summed E-state index contributed by atoms with van der Waals surface area (Å²) in [5, 5.41) is 0. The normalized spacial score (nSPS) is 15.8. The fraction of sp³-hybridized carbons (Fsp3) is 0.444. The molecule has 1 aliphatic rings. The molecular weight excluding hydrogens is 430 g/mol. The van der Waals surface area contributed by atoms with E-state index in [-0.39, 0.29) is 17.7 Å². The number of anilines is 2. The molecule has 2 heterocycles. The number of nitrogens with zero attached hydrogens (tertiary/aromatic N) is 3. The van der Waals surface area contributed by atoms with Crippen LogP contribution in [-0.4, -0.2) is 50.7 Å². The second-order valence-corrected chi connectivity index (χ2v) is 8.84. The molecule has 0 radical (unpaired) electrons. The average molecular weight is 467 g/mol. The highest BCUT2D eigenvalue weighted by Gasteiger charge is 2.26. The van der Waals surface area contributed by atoms with E-state index < -0.39 is 12.5 Å². The number of hydrogen-bond donors (Lipinski definition) is 0. The Bertz CT molecular complexity index is 1020. The van der Waals surface area contributed by atoms with Crippen LogP contribution in [0.25, 0.3) is 6.08 Å². The molecule has 2 aromatic rings. The molecule has 182 valence electrons. The molecule has 3 rings (SSSR count). The minimum atomic E-state index is -0.744. The van der Waals surface area contributed by atoms with Crippen molar-refractivity contribution < 1.29 is 20.4 Å². The maximum atomic E-state index is 13.3. The Morgan fingerprint density at radius 3 is 2.53 bits per heavy atom. The lowest BCUT2D eigenvalue weighted by Crippen LogP contribution is -2.41. The zero-order valence-electron chi connectivity index (χ0n) is 21.4. The van der Waals surface area contributed by atoms with Crippen LogP contribution < -0.4 is 14.5 Å². The van der Waals surface area contributed by atoms with Crippen LogP contribution in [0, 0.1) is 11.8 Å². The number of carbonyl (C=O) groups is 2. The van der Waals surface area contributed by atoms with Gasteiger partial charge in [-0.2, -0.15) is 0 Å². The van der Waals surface area contributed by atoms with Crippen molar-refractivity contribution in [3.05, 3.63) is 54.2 Å². The minimum absolute atomic E-state index is 0.0247. The van der Waals surface area contributed by atoms with Crippen LogP contribution in [0.5, 0.6) is 5.75 Å². The second-order valence-electron chi connectivity index (χ2n) is 8.84. The fourth-order valence-corrected chi connectivity index (χ4v) is 3.95. The largest absolute Gasteiger partial charge is 0.497 e. The number of ether oxygens (including phenoxy) is 2. The summed E-state index contributed by atoms with van der Waals surface area (Å²) in [5.74, 6) is 0.871. The summed E-state index contributed by atoms with van der Waals surface area (Å²) < 4.78 is 19.0. The monoisotopic (exact) mass is 466 g/mol. The predicted octanol–water partition coefficient (Wildman–Crippen LogP) is 4.57. The SMILES string of the molecule is [2H]C(C1CCN(c2ccc(OC)cc2)CC1)N(C(=O)CC(C)C)c1cc(/C=C/C(=O)OC)ccn1. The first-order valence-electron chi connectivity index (χ1n) is 12.3. The molecule has 0 bridgehead atoms. The molecule has 0 N–H and O–H groups in total. The first-order valence-corrected chi connectivity index (χ1v) is 11.7. The lowest BCUT2D eigenvalue weighted by molar-refractivity contribution is -0.134. The van der Waals surface area contributed by atoms with Gasteiger partial charge in [-0.3, -0.25) is 9.69 Å². The molecule has 1 fully saturated rings. The number of piperidine rings is 1. The van der Waals surface area contributed by atoms with Gasteiger partial charge in [0.1, 0.15) is 11.6 Å². The van der Waals surface area contributed by atoms with Gasteiger partial charge in [0.25, 0.3) is 0 Å². The van der Waals surface area contributed by atoms with Crippen molar-refractivity contribution in [1.82, 2.24) is 4.98 Å². The Hall–Kier alpha value is -3.35. The highest BCUT2D eigenvalue weighted by molar-refractivity contribution is 5.93. The Labute approximate surface area is 203 Å². The summed E-state index contributed by atoms with van der Waals surface area (Å²) in [4.78, 5) is 33.0. The maximum Gasteiger partial charge on any atom is 0.330 e. The van der Waals surface area contributed by atoms with Gasteiger partial charge in [-0.25, -0.2) is 9.78 Å². The van der Waals surface area contributed by atoms with Gasteiger partial charge in [-0.15, -0.1) is 0 Å². The van der Waals surface area contributed by atoms with Gasteiger partial charge in [0.05, 0.1) is 15.6 Å². The quantitative estimate of drug-likeness (QED) is 0.398. The van der Waals surface area contributed by atoms with E-state index in [9.17, 15) is 9.59 Å².